The molecule has 0 fully saturated rings. The fourth-order valence-corrected chi connectivity index (χ4v) is 2.94. The van der Waals surface area contributed by atoms with E-state index in [9.17, 15) is 9.59 Å². The number of fused-ring (bicyclic) bond motifs is 1. The predicted octanol–water partition coefficient (Wildman–Crippen LogP) is 3.65. The van der Waals surface area contributed by atoms with Crippen LogP contribution in [0, 0.1) is 0 Å². The van der Waals surface area contributed by atoms with E-state index in [-0.39, 0.29) is 11.3 Å². The zero-order chi connectivity index (χ0) is 16.4. The van der Waals surface area contributed by atoms with E-state index in [0.717, 1.165) is 24.0 Å². The average Bonchev–Trinajstić information content (AvgIpc) is 2.54. The van der Waals surface area contributed by atoms with Gasteiger partial charge in [-0.2, -0.15) is 0 Å². The summed E-state index contributed by atoms with van der Waals surface area (Å²) in [6.07, 6.45) is 3.34. The first-order valence-electron chi connectivity index (χ1n) is 7.66. The van der Waals surface area contributed by atoms with Crippen molar-refractivity contribution in [2.24, 2.45) is 0 Å². The van der Waals surface area contributed by atoms with Crippen LogP contribution in [-0.2, 0) is 6.42 Å². The van der Waals surface area contributed by atoms with Crippen LogP contribution in [0.2, 0.25) is 0 Å². The Balaban J connectivity index is 1.97. The van der Waals surface area contributed by atoms with Crippen molar-refractivity contribution in [3.05, 3.63) is 76.9 Å². The standard InChI is InChI=1S/C20H19NO2/c1-20(2)12-16-5-3-4-6-17(16)18(21-20)11-19(23)15-9-7-14(13-22)8-10-15/h3-11,13,21H,12H2,1-2H3. The number of carbonyl (C=O) groups excluding carboxylic acids is 2. The summed E-state index contributed by atoms with van der Waals surface area (Å²) in [7, 11) is 0. The Morgan fingerprint density at radius 3 is 2.48 bits per heavy atom. The summed E-state index contributed by atoms with van der Waals surface area (Å²) in [6, 6.07) is 14.8. The highest BCUT2D eigenvalue weighted by molar-refractivity contribution is 6.08. The second-order valence-electron chi connectivity index (χ2n) is 6.50. The Labute approximate surface area is 136 Å². The lowest BCUT2D eigenvalue weighted by atomic mass is 9.85. The molecule has 1 aliphatic rings. The first-order valence-corrected chi connectivity index (χ1v) is 7.66. The van der Waals surface area contributed by atoms with Gasteiger partial charge in [-0.25, -0.2) is 0 Å². The van der Waals surface area contributed by atoms with Crippen LogP contribution in [0.25, 0.3) is 5.70 Å². The number of allylic oxidation sites excluding steroid dienone is 1. The third-order valence-electron chi connectivity index (χ3n) is 4.02. The monoisotopic (exact) mass is 305 g/mol. The molecule has 2 aromatic rings. The zero-order valence-electron chi connectivity index (χ0n) is 13.3. The highest BCUT2D eigenvalue weighted by atomic mass is 16.1. The van der Waals surface area contributed by atoms with E-state index >= 15 is 0 Å². The van der Waals surface area contributed by atoms with Gasteiger partial charge in [-0.05, 0) is 25.8 Å². The molecular weight excluding hydrogens is 286 g/mol. The van der Waals surface area contributed by atoms with Crippen LogP contribution in [-0.4, -0.2) is 17.6 Å². The van der Waals surface area contributed by atoms with E-state index in [1.54, 1.807) is 30.3 Å². The number of hydrogen-bond donors (Lipinski definition) is 1. The summed E-state index contributed by atoms with van der Waals surface area (Å²) >= 11 is 0. The normalized spacial score (nSPS) is 17.2. The maximum absolute atomic E-state index is 12.5. The van der Waals surface area contributed by atoms with Gasteiger partial charge in [0.25, 0.3) is 0 Å². The lowest BCUT2D eigenvalue weighted by Crippen LogP contribution is -2.43. The summed E-state index contributed by atoms with van der Waals surface area (Å²) in [5, 5.41) is 3.46. The Morgan fingerprint density at radius 2 is 1.78 bits per heavy atom. The molecule has 3 heteroatoms. The molecule has 3 nitrogen and oxygen atoms in total. The van der Waals surface area contributed by atoms with Crippen LogP contribution in [0.5, 0.6) is 0 Å². The molecule has 0 amide bonds. The molecule has 0 aromatic heterocycles. The zero-order valence-corrected chi connectivity index (χ0v) is 13.3. The quantitative estimate of drug-likeness (QED) is 0.535. The van der Waals surface area contributed by atoms with Crippen LogP contribution in [0.4, 0.5) is 0 Å². The molecule has 1 heterocycles. The Morgan fingerprint density at radius 1 is 1.09 bits per heavy atom. The lowest BCUT2D eigenvalue weighted by Gasteiger charge is -2.35. The Hall–Kier alpha value is -2.68. The fraction of sp³-hybridized carbons (Fsp3) is 0.200. The topological polar surface area (TPSA) is 46.2 Å². The number of rotatable bonds is 3. The number of carbonyl (C=O) groups is 2. The van der Waals surface area contributed by atoms with Crippen molar-refractivity contribution in [3.8, 4) is 0 Å². The van der Waals surface area contributed by atoms with E-state index < -0.39 is 0 Å². The molecule has 23 heavy (non-hydrogen) atoms. The minimum Gasteiger partial charge on any atom is -0.379 e. The number of ketones is 1. The molecule has 1 aliphatic heterocycles. The molecule has 0 saturated heterocycles. The van der Waals surface area contributed by atoms with E-state index in [2.05, 4.69) is 25.2 Å². The maximum Gasteiger partial charge on any atom is 0.187 e. The molecule has 2 aromatic carbocycles. The van der Waals surface area contributed by atoms with E-state index in [1.807, 2.05) is 18.2 Å². The second kappa shape index (κ2) is 5.84. The van der Waals surface area contributed by atoms with Gasteiger partial charge in [0.1, 0.15) is 6.29 Å². The number of hydrogen-bond acceptors (Lipinski definition) is 3. The van der Waals surface area contributed by atoms with Crippen LogP contribution in [0.3, 0.4) is 0 Å². The van der Waals surface area contributed by atoms with Gasteiger partial charge >= 0.3 is 0 Å². The SMILES string of the molecule is CC1(C)Cc2ccccc2C(=CC(=O)c2ccc(C=O)cc2)N1. The van der Waals surface area contributed by atoms with Gasteiger partial charge < -0.3 is 5.32 Å². The highest BCUT2D eigenvalue weighted by Gasteiger charge is 2.27. The van der Waals surface area contributed by atoms with E-state index in [4.69, 9.17) is 0 Å². The first kappa shape index (κ1) is 15.2. The summed E-state index contributed by atoms with van der Waals surface area (Å²) in [5.41, 5.74) is 4.21. The number of nitrogens with one attached hydrogen (secondary N) is 1. The van der Waals surface area contributed by atoms with Gasteiger partial charge in [0.15, 0.2) is 5.78 Å². The lowest BCUT2D eigenvalue weighted by molar-refractivity contribution is 0.104. The van der Waals surface area contributed by atoms with Crippen molar-refractivity contribution in [1.29, 1.82) is 0 Å². The summed E-state index contributed by atoms with van der Waals surface area (Å²) in [5.74, 6) is -0.0718. The van der Waals surface area contributed by atoms with Gasteiger partial charge in [0.2, 0.25) is 0 Å². The summed E-state index contributed by atoms with van der Waals surface area (Å²) < 4.78 is 0. The third kappa shape index (κ3) is 3.24. The van der Waals surface area contributed by atoms with Crippen LogP contribution < -0.4 is 5.32 Å². The average molecular weight is 305 g/mol. The molecule has 0 aliphatic carbocycles. The molecule has 0 spiro atoms. The first-order chi connectivity index (χ1) is 11.0. The van der Waals surface area contributed by atoms with Gasteiger partial charge in [-0.15, -0.1) is 0 Å². The van der Waals surface area contributed by atoms with Gasteiger partial charge in [-0.3, -0.25) is 9.59 Å². The summed E-state index contributed by atoms with van der Waals surface area (Å²) in [6.45, 7) is 4.25. The number of benzene rings is 2. The van der Waals surface area contributed by atoms with Crippen LogP contribution in [0.1, 0.15) is 45.7 Å². The number of aldehydes is 1. The second-order valence-corrected chi connectivity index (χ2v) is 6.50. The molecular formula is C20H19NO2. The third-order valence-corrected chi connectivity index (χ3v) is 4.02. The van der Waals surface area contributed by atoms with Crippen molar-refractivity contribution in [2.45, 2.75) is 25.8 Å². The molecule has 3 rings (SSSR count). The van der Waals surface area contributed by atoms with Crippen molar-refractivity contribution in [1.82, 2.24) is 5.32 Å². The van der Waals surface area contributed by atoms with Crippen molar-refractivity contribution in [3.63, 3.8) is 0 Å². The molecule has 116 valence electrons. The molecule has 0 bridgehead atoms. The minimum atomic E-state index is -0.0954. The highest BCUT2D eigenvalue weighted by Crippen LogP contribution is 2.29. The fourth-order valence-electron chi connectivity index (χ4n) is 2.94. The summed E-state index contributed by atoms with van der Waals surface area (Å²) in [4.78, 5) is 23.2. The van der Waals surface area contributed by atoms with Gasteiger partial charge in [-0.1, -0.05) is 48.5 Å². The largest absolute Gasteiger partial charge is 0.379 e. The minimum absolute atomic E-state index is 0.0718. The Bertz CT molecular complexity index is 786. The maximum atomic E-state index is 12.5. The molecule has 0 radical (unpaired) electrons. The van der Waals surface area contributed by atoms with Crippen molar-refractivity contribution in [2.75, 3.05) is 0 Å². The van der Waals surface area contributed by atoms with Crippen LogP contribution in [0.15, 0.2) is 54.6 Å². The predicted molar refractivity (Wildman–Crippen MR) is 91.5 cm³/mol. The van der Waals surface area contributed by atoms with Crippen LogP contribution >= 0.6 is 0 Å². The van der Waals surface area contributed by atoms with Crippen molar-refractivity contribution < 1.29 is 9.59 Å². The Kier molecular flexibility index (Phi) is 3.87. The molecule has 0 atom stereocenters. The van der Waals surface area contributed by atoms with E-state index in [1.165, 1.54) is 5.56 Å². The van der Waals surface area contributed by atoms with E-state index in [0.29, 0.717) is 11.1 Å². The molecule has 0 unspecified atom stereocenters. The van der Waals surface area contributed by atoms with Gasteiger partial charge in [0.05, 0.1) is 0 Å². The molecule has 0 saturated carbocycles. The van der Waals surface area contributed by atoms with Crippen molar-refractivity contribution >= 4 is 17.8 Å². The molecule has 1 N–H and O–H groups in total. The smallest absolute Gasteiger partial charge is 0.187 e. The van der Waals surface area contributed by atoms with Gasteiger partial charge in [0, 0.05) is 34.0 Å².